The van der Waals surface area contributed by atoms with Gasteiger partial charge in [-0.15, -0.1) is 0 Å². The van der Waals surface area contributed by atoms with Crippen molar-refractivity contribution in [2.24, 2.45) is 0 Å². The summed E-state index contributed by atoms with van der Waals surface area (Å²) in [6.07, 6.45) is 0. The Balaban J connectivity index is 2.63. The third-order valence-corrected chi connectivity index (χ3v) is 2.91. The zero-order chi connectivity index (χ0) is 13.3. The second-order valence-electron chi connectivity index (χ2n) is 4.07. The van der Waals surface area contributed by atoms with E-state index >= 15 is 0 Å². The monoisotopic (exact) mass is 242 g/mol. The Kier molecular flexibility index (Phi) is 2.99. The number of ether oxygens (including phenoxy) is 1. The third kappa shape index (κ3) is 1.80. The molecule has 0 saturated carbocycles. The van der Waals surface area contributed by atoms with Crippen LogP contribution in [0.2, 0.25) is 0 Å². The maximum absolute atomic E-state index is 9.13. The van der Waals surface area contributed by atoms with Crippen molar-refractivity contribution in [1.82, 2.24) is 0 Å². The Morgan fingerprint density at radius 1 is 1.33 bits per heavy atom. The van der Waals surface area contributed by atoms with Crippen LogP contribution in [0.15, 0.2) is 22.6 Å². The summed E-state index contributed by atoms with van der Waals surface area (Å²) in [7, 11) is 1.63. The number of methoxy groups -OCH3 is 1. The SMILES string of the molecule is COc1ccc(-c2c(C)oc(N)c2C#N)cc1C. The summed E-state index contributed by atoms with van der Waals surface area (Å²) in [5.41, 5.74) is 8.71. The Hall–Kier alpha value is -2.41. The lowest BCUT2D eigenvalue weighted by molar-refractivity contribution is 0.412. The first-order valence-corrected chi connectivity index (χ1v) is 5.52. The van der Waals surface area contributed by atoms with Gasteiger partial charge in [-0.1, -0.05) is 6.07 Å². The highest BCUT2D eigenvalue weighted by molar-refractivity contribution is 5.78. The van der Waals surface area contributed by atoms with Gasteiger partial charge in [0, 0.05) is 5.56 Å². The fraction of sp³-hybridized carbons (Fsp3) is 0.214. The van der Waals surface area contributed by atoms with Crippen molar-refractivity contribution < 1.29 is 9.15 Å². The first-order valence-electron chi connectivity index (χ1n) is 5.52. The Morgan fingerprint density at radius 3 is 2.61 bits per heavy atom. The van der Waals surface area contributed by atoms with Crippen LogP contribution in [0.3, 0.4) is 0 Å². The number of aryl methyl sites for hydroxylation is 2. The minimum absolute atomic E-state index is 0.165. The molecule has 1 heterocycles. The van der Waals surface area contributed by atoms with Gasteiger partial charge in [0.05, 0.1) is 7.11 Å². The van der Waals surface area contributed by atoms with E-state index in [0.717, 1.165) is 22.4 Å². The van der Waals surface area contributed by atoms with Gasteiger partial charge in [0.2, 0.25) is 5.88 Å². The Labute approximate surface area is 106 Å². The van der Waals surface area contributed by atoms with Gasteiger partial charge in [0.1, 0.15) is 23.1 Å². The van der Waals surface area contributed by atoms with Crippen molar-refractivity contribution in [1.29, 1.82) is 5.26 Å². The van der Waals surface area contributed by atoms with E-state index in [1.807, 2.05) is 25.1 Å². The summed E-state index contributed by atoms with van der Waals surface area (Å²) in [6.45, 7) is 3.75. The molecular formula is C14H14N2O2. The van der Waals surface area contributed by atoms with Crippen molar-refractivity contribution in [3.63, 3.8) is 0 Å². The molecular weight excluding hydrogens is 228 g/mol. The van der Waals surface area contributed by atoms with E-state index in [-0.39, 0.29) is 5.88 Å². The predicted octanol–water partition coefficient (Wildman–Crippen LogP) is 3.03. The number of furan rings is 1. The van der Waals surface area contributed by atoms with Gasteiger partial charge in [0.25, 0.3) is 0 Å². The quantitative estimate of drug-likeness (QED) is 0.878. The van der Waals surface area contributed by atoms with E-state index in [4.69, 9.17) is 20.1 Å². The molecule has 4 heteroatoms. The van der Waals surface area contributed by atoms with E-state index in [1.165, 1.54) is 0 Å². The van der Waals surface area contributed by atoms with Crippen LogP contribution in [0.5, 0.6) is 5.75 Å². The molecule has 1 aromatic carbocycles. The third-order valence-electron chi connectivity index (χ3n) is 2.91. The van der Waals surface area contributed by atoms with E-state index in [1.54, 1.807) is 14.0 Å². The summed E-state index contributed by atoms with van der Waals surface area (Å²) in [4.78, 5) is 0. The highest BCUT2D eigenvalue weighted by Gasteiger charge is 2.17. The number of nitrogens with zero attached hydrogens (tertiary/aromatic N) is 1. The van der Waals surface area contributed by atoms with Crippen molar-refractivity contribution in [3.8, 4) is 22.9 Å². The van der Waals surface area contributed by atoms with Crippen LogP contribution >= 0.6 is 0 Å². The maximum atomic E-state index is 9.13. The number of nitrogen functional groups attached to an aromatic ring is 1. The fourth-order valence-corrected chi connectivity index (χ4v) is 2.06. The molecule has 2 rings (SSSR count). The zero-order valence-corrected chi connectivity index (χ0v) is 10.6. The molecule has 92 valence electrons. The summed E-state index contributed by atoms with van der Waals surface area (Å²) < 4.78 is 10.5. The molecule has 0 radical (unpaired) electrons. The lowest BCUT2D eigenvalue weighted by Gasteiger charge is -2.07. The molecule has 0 amide bonds. The van der Waals surface area contributed by atoms with Crippen LogP contribution in [0, 0.1) is 25.2 Å². The largest absolute Gasteiger partial charge is 0.496 e. The van der Waals surface area contributed by atoms with E-state index in [9.17, 15) is 0 Å². The molecule has 0 aliphatic carbocycles. The molecule has 2 N–H and O–H groups in total. The number of benzene rings is 1. The van der Waals surface area contributed by atoms with Crippen molar-refractivity contribution in [2.45, 2.75) is 13.8 Å². The number of nitriles is 1. The van der Waals surface area contributed by atoms with Gasteiger partial charge in [0.15, 0.2) is 0 Å². The number of hydrogen-bond acceptors (Lipinski definition) is 4. The van der Waals surface area contributed by atoms with Crippen LogP contribution in [-0.2, 0) is 0 Å². The highest BCUT2D eigenvalue weighted by atomic mass is 16.5. The fourth-order valence-electron chi connectivity index (χ4n) is 2.06. The second kappa shape index (κ2) is 4.46. The van der Waals surface area contributed by atoms with E-state index < -0.39 is 0 Å². The molecule has 1 aromatic heterocycles. The van der Waals surface area contributed by atoms with Crippen molar-refractivity contribution in [3.05, 3.63) is 35.1 Å². The predicted molar refractivity (Wildman–Crippen MR) is 69.3 cm³/mol. The molecule has 4 nitrogen and oxygen atoms in total. The van der Waals surface area contributed by atoms with Gasteiger partial charge >= 0.3 is 0 Å². The molecule has 0 aliphatic heterocycles. The number of rotatable bonds is 2. The minimum Gasteiger partial charge on any atom is -0.496 e. The van der Waals surface area contributed by atoms with Crippen LogP contribution in [-0.4, -0.2) is 7.11 Å². The lowest BCUT2D eigenvalue weighted by atomic mass is 10.00. The first kappa shape index (κ1) is 12.1. The van der Waals surface area contributed by atoms with E-state index in [0.29, 0.717) is 11.3 Å². The Morgan fingerprint density at radius 2 is 2.06 bits per heavy atom. The minimum atomic E-state index is 0.165. The van der Waals surface area contributed by atoms with Crippen molar-refractivity contribution in [2.75, 3.05) is 12.8 Å². The van der Waals surface area contributed by atoms with Crippen LogP contribution in [0.4, 0.5) is 5.88 Å². The molecule has 0 aliphatic rings. The second-order valence-corrected chi connectivity index (χ2v) is 4.07. The number of hydrogen-bond donors (Lipinski definition) is 1. The van der Waals surface area contributed by atoms with E-state index in [2.05, 4.69) is 6.07 Å². The van der Waals surface area contributed by atoms with Gasteiger partial charge in [-0.2, -0.15) is 5.26 Å². The van der Waals surface area contributed by atoms with Gasteiger partial charge in [-0.3, -0.25) is 0 Å². The zero-order valence-electron chi connectivity index (χ0n) is 10.6. The number of nitrogens with two attached hydrogens (primary N) is 1. The molecule has 0 unspecified atom stereocenters. The number of anilines is 1. The molecule has 18 heavy (non-hydrogen) atoms. The molecule has 0 saturated heterocycles. The summed E-state index contributed by atoms with van der Waals surface area (Å²) in [5, 5.41) is 9.13. The molecule has 0 bridgehead atoms. The van der Waals surface area contributed by atoms with Gasteiger partial charge in [-0.25, -0.2) is 0 Å². The average molecular weight is 242 g/mol. The molecule has 0 spiro atoms. The Bertz CT molecular complexity index is 636. The van der Waals surface area contributed by atoms with Crippen LogP contribution in [0.1, 0.15) is 16.9 Å². The average Bonchev–Trinajstić information content (AvgIpc) is 2.63. The first-order chi connectivity index (χ1) is 8.58. The van der Waals surface area contributed by atoms with Crippen LogP contribution < -0.4 is 10.5 Å². The molecule has 0 atom stereocenters. The smallest absolute Gasteiger partial charge is 0.209 e. The molecule has 0 fully saturated rings. The van der Waals surface area contributed by atoms with Crippen molar-refractivity contribution >= 4 is 5.88 Å². The summed E-state index contributed by atoms with van der Waals surface area (Å²) in [6, 6.07) is 7.80. The summed E-state index contributed by atoms with van der Waals surface area (Å²) >= 11 is 0. The topological polar surface area (TPSA) is 72.2 Å². The lowest BCUT2D eigenvalue weighted by Crippen LogP contribution is -1.90. The summed E-state index contributed by atoms with van der Waals surface area (Å²) in [5.74, 6) is 1.62. The molecule has 2 aromatic rings. The highest BCUT2D eigenvalue weighted by Crippen LogP contribution is 2.35. The normalized spacial score (nSPS) is 10.1. The van der Waals surface area contributed by atoms with Gasteiger partial charge < -0.3 is 14.9 Å². The maximum Gasteiger partial charge on any atom is 0.209 e. The standard InChI is InChI=1S/C14H14N2O2/c1-8-6-10(4-5-12(8)17-3)13-9(2)18-14(16)11(13)7-15/h4-6H,16H2,1-3H3. The van der Waals surface area contributed by atoms with Gasteiger partial charge in [-0.05, 0) is 37.1 Å². The van der Waals surface area contributed by atoms with Crippen LogP contribution in [0.25, 0.3) is 11.1 Å².